The summed E-state index contributed by atoms with van der Waals surface area (Å²) in [5, 5.41) is 5.26. The Kier molecular flexibility index (Phi) is 4.35. The maximum absolute atomic E-state index is 12.4. The van der Waals surface area contributed by atoms with Crippen LogP contribution in [-0.4, -0.2) is 29.3 Å². The first-order valence-corrected chi connectivity index (χ1v) is 9.01. The van der Waals surface area contributed by atoms with Crippen molar-refractivity contribution in [3.05, 3.63) is 53.3 Å². The zero-order chi connectivity index (χ0) is 19.0. The summed E-state index contributed by atoms with van der Waals surface area (Å²) in [5.74, 6) is -1.55. The van der Waals surface area contributed by atoms with Gasteiger partial charge in [0.05, 0.1) is 11.6 Å². The first-order chi connectivity index (χ1) is 13.0. The van der Waals surface area contributed by atoms with Crippen LogP contribution in [0.1, 0.15) is 36.0 Å². The maximum atomic E-state index is 12.4. The fourth-order valence-corrected chi connectivity index (χ4v) is 3.72. The third-order valence-corrected chi connectivity index (χ3v) is 5.09. The number of hydrogen-bond acceptors (Lipinski definition) is 4. The highest BCUT2D eigenvalue weighted by molar-refractivity contribution is 6.39. The second-order valence-corrected chi connectivity index (χ2v) is 6.88. The van der Waals surface area contributed by atoms with E-state index < -0.39 is 11.8 Å². The molecule has 7 nitrogen and oxygen atoms in total. The fraction of sp³-hybridized carbons (Fsp3) is 0.300. The van der Waals surface area contributed by atoms with E-state index in [1.807, 2.05) is 17.9 Å². The van der Waals surface area contributed by atoms with E-state index in [4.69, 9.17) is 0 Å². The Balaban J connectivity index is 1.48. The largest absolute Gasteiger partial charge is 0.344 e. The van der Waals surface area contributed by atoms with Crippen molar-refractivity contribution in [1.82, 2.24) is 10.3 Å². The molecule has 2 aromatic rings. The Morgan fingerprint density at radius 3 is 2.78 bits per heavy atom. The normalized spacial score (nSPS) is 17.4. The average molecular weight is 364 g/mol. The zero-order valence-corrected chi connectivity index (χ0v) is 15.0. The molecule has 138 valence electrons. The van der Waals surface area contributed by atoms with Crippen LogP contribution in [0, 0.1) is 0 Å². The number of aryl methyl sites for hydroxylation is 1. The molecule has 3 amide bonds. The number of aromatic nitrogens is 1. The third kappa shape index (κ3) is 3.16. The lowest BCUT2D eigenvalue weighted by molar-refractivity contribution is -0.136. The minimum absolute atomic E-state index is 0.101. The predicted octanol–water partition coefficient (Wildman–Crippen LogP) is 1.73. The molecule has 7 heteroatoms. The van der Waals surface area contributed by atoms with Crippen LogP contribution in [0.2, 0.25) is 0 Å². The van der Waals surface area contributed by atoms with E-state index in [2.05, 4.69) is 15.6 Å². The van der Waals surface area contributed by atoms with Crippen LogP contribution in [0.3, 0.4) is 0 Å². The molecule has 27 heavy (non-hydrogen) atoms. The highest BCUT2D eigenvalue weighted by atomic mass is 16.2. The number of pyridine rings is 1. The molecular weight excluding hydrogens is 344 g/mol. The second-order valence-electron chi connectivity index (χ2n) is 6.88. The van der Waals surface area contributed by atoms with Crippen LogP contribution in [-0.2, 0) is 27.3 Å². The number of hydrogen-bond donors (Lipinski definition) is 2. The minimum Gasteiger partial charge on any atom is -0.344 e. The fourth-order valence-electron chi connectivity index (χ4n) is 3.72. The van der Waals surface area contributed by atoms with Gasteiger partial charge in [-0.1, -0.05) is 0 Å². The Hall–Kier alpha value is -3.22. The Labute approximate surface area is 156 Å². The van der Waals surface area contributed by atoms with Crippen LogP contribution in [0.25, 0.3) is 0 Å². The summed E-state index contributed by atoms with van der Waals surface area (Å²) in [7, 11) is 0. The first kappa shape index (κ1) is 17.2. The molecule has 0 fully saturated rings. The van der Waals surface area contributed by atoms with Gasteiger partial charge in [0.25, 0.3) is 0 Å². The molecule has 2 N–H and O–H groups in total. The minimum atomic E-state index is -0.721. The summed E-state index contributed by atoms with van der Waals surface area (Å²) in [4.78, 5) is 42.5. The van der Waals surface area contributed by atoms with Gasteiger partial charge < -0.3 is 15.5 Å². The summed E-state index contributed by atoms with van der Waals surface area (Å²) >= 11 is 0. The molecule has 2 aliphatic heterocycles. The number of carbonyl (C=O) groups excluding carboxylic acids is 3. The highest BCUT2D eigenvalue weighted by Crippen LogP contribution is 2.44. The number of nitrogens with zero attached hydrogens (tertiary/aromatic N) is 2. The van der Waals surface area contributed by atoms with Crippen molar-refractivity contribution in [2.24, 2.45) is 0 Å². The molecule has 1 aromatic carbocycles. The molecule has 3 heterocycles. The Bertz CT molecular complexity index is 926. The SMILES string of the molecule is C[C@@H]1C(=O)N2CCCc3cc(NC(=O)C(=O)NCc4ccncc4)cc1c32. The zero-order valence-electron chi connectivity index (χ0n) is 15.0. The molecule has 0 saturated carbocycles. The standard InChI is InChI=1S/C20H20N4O3/c1-12-16-10-15(9-14-3-2-8-24(17(14)16)20(12)27)23-19(26)18(25)22-11-13-4-6-21-7-5-13/h4-7,9-10,12H,2-3,8,11H2,1H3,(H,22,25)(H,23,26)/t12-/m0/s1. The van der Waals surface area contributed by atoms with Crippen LogP contribution in [0.15, 0.2) is 36.7 Å². The highest BCUT2D eigenvalue weighted by Gasteiger charge is 2.38. The van der Waals surface area contributed by atoms with Gasteiger partial charge in [0.1, 0.15) is 0 Å². The van der Waals surface area contributed by atoms with E-state index in [1.165, 1.54) is 0 Å². The molecule has 0 radical (unpaired) electrons. The van der Waals surface area contributed by atoms with Gasteiger partial charge in [0, 0.05) is 31.2 Å². The van der Waals surface area contributed by atoms with Gasteiger partial charge in [-0.15, -0.1) is 0 Å². The number of carbonyl (C=O) groups is 3. The van der Waals surface area contributed by atoms with Crippen molar-refractivity contribution in [1.29, 1.82) is 0 Å². The van der Waals surface area contributed by atoms with Gasteiger partial charge in [-0.3, -0.25) is 19.4 Å². The van der Waals surface area contributed by atoms with Crippen molar-refractivity contribution in [2.45, 2.75) is 32.2 Å². The summed E-state index contributed by atoms with van der Waals surface area (Å²) < 4.78 is 0. The van der Waals surface area contributed by atoms with E-state index in [0.717, 1.165) is 41.8 Å². The first-order valence-electron chi connectivity index (χ1n) is 9.01. The van der Waals surface area contributed by atoms with Crippen LogP contribution in [0.4, 0.5) is 11.4 Å². The maximum Gasteiger partial charge on any atom is 0.313 e. The monoisotopic (exact) mass is 364 g/mol. The van der Waals surface area contributed by atoms with Gasteiger partial charge >= 0.3 is 11.8 Å². The lowest BCUT2D eigenvalue weighted by atomic mass is 9.96. The van der Waals surface area contributed by atoms with Crippen molar-refractivity contribution >= 4 is 29.1 Å². The predicted molar refractivity (Wildman–Crippen MR) is 100 cm³/mol. The smallest absolute Gasteiger partial charge is 0.313 e. The molecule has 0 bridgehead atoms. The third-order valence-electron chi connectivity index (χ3n) is 5.09. The van der Waals surface area contributed by atoms with Gasteiger partial charge in [-0.2, -0.15) is 0 Å². The lowest BCUT2D eigenvalue weighted by Gasteiger charge is -2.26. The van der Waals surface area contributed by atoms with Gasteiger partial charge in [-0.05, 0) is 60.7 Å². The second kappa shape index (κ2) is 6.83. The number of nitrogens with one attached hydrogen (secondary N) is 2. The van der Waals surface area contributed by atoms with E-state index >= 15 is 0 Å². The molecule has 2 aliphatic rings. The lowest BCUT2D eigenvalue weighted by Crippen LogP contribution is -2.35. The molecule has 0 aliphatic carbocycles. The molecule has 1 aromatic heterocycles. The molecule has 0 saturated heterocycles. The van der Waals surface area contributed by atoms with Crippen molar-refractivity contribution in [3.63, 3.8) is 0 Å². The molecule has 4 rings (SSSR count). The van der Waals surface area contributed by atoms with E-state index in [1.54, 1.807) is 30.6 Å². The van der Waals surface area contributed by atoms with Crippen molar-refractivity contribution < 1.29 is 14.4 Å². The summed E-state index contributed by atoms with van der Waals surface area (Å²) in [6, 6.07) is 7.21. The molecule has 0 unspecified atom stereocenters. The van der Waals surface area contributed by atoms with Crippen LogP contribution < -0.4 is 15.5 Å². The van der Waals surface area contributed by atoms with Crippen LogP contribution in [0.5, 0.6) is 0 Å². The topological polar surface area (TPSA) is 91.4 Å². The summed E-state index contributed by atoms with van der Waals surface area (Å²) in [5.41, 5.74) is 4.37. The van der Waals surface area contributed by atoms with Gasteiger partial charge in [-0.25, -0.2) is 0 Å². The van der Waals surface area contributed by atoms with Crippen LogP contribution >= 0.6 is 0 Å². The van der Waals surface area contributed by atoms with Gasteiger partial charge in [0.15, 0.2) is 0 Å². The Morgan fingerprint density at radius 2 is 2.00 bits per heavy atom. The quantitative estimate of drug-likeness (QED) is 0.812. The molecular formula is C20H20N4O3. The number of amides is 3. The van der Waals surface area contributed by atoms with E-state index in [0.29, 0.717) is 5.69 Å². The van der Waals surface area contributed by atoms with E-state index in [9.17, 15) is 14.4 Å². The Morgan fingerprint density at radius 1 is 1.22 bits per heavy atom. The number of anilines is 2. The van der Waals surface area contributed by atoms with Gasteiger partial charge in [0.2, 0.25) is 5.91 Å². The summed E-state index contributed by atoms with van der Waals surface area (Å²) in [6.07, 6.45) is 5.01. The number of benzene rings is 1. The van der Waals surface area contributed by atoms with E-state index in [-0.39, 0.29) is 18.4 Å². The number of rotatable bonds is 3. The van der Waals surface area contributed by atoms with Crippen molar-refractivity contribution in [2.75, 3.05) is 16.8 Å². The van der Waals surface area contributed by atoms with Crippen molar-refractivity contribution in [3.8, 4) is 0 Å². The molecule has 0 spiro atoms. The average Bonchev–Trinajstić information content (AvgIpc) is 2.93. The summed E-state index contributed by atoms with van der Waals surface area (Å²) in [6.45, 7) is 2.88. The molecule has 1 atom stereocenters.